The third-order valence-electron chi connectivity index (χ3n) is 3.13. The van der Waals surface area contributed by atoms with Crippen molar-refractivity contribution >= 4 is 23.5 Å². The van der Waals surface area contributed by atoms with Gasteiger partial charge in [0.25, 0.3) is 5.91 Å². The summed E-state index contributed by atoms with van der Waals surface area (Å²) >= 11 is 0. The van der Waals surface area contributed by atoms with Crippen LogP contribution in [0.1, 0.15) is 36.8 Å². The zero-order chi connectivity index (χ0) is 17.9. The van der Waals surface area contributed by atoms with Gasteiger partial charge in [0.1, 0.15) is 5.60 Å². The van der Waals surface area contributed by atoms with Crippen LogP contribution in [0.4, 0.5) is 16.3 Å². The summed E-state index contributed by atoms with van der Waals surface area (Å²) < 4.78 is 6.74. The zero-order valence-corrected chi connectivity index (χ0v) is 14.4. The van der Waals surface area contributed by atoms with Gasteiger partial charge in [0, 0.05) is 18.3 Å². The summed E-state index contributed by atoms with van der Waals surface area (Å²) in [6.07, 6.45) is -0.546. The first-order chi connectivity index (χ1) is 11.2. The van der Waals surface area contributed by atoms with Gasteiger partial charge < -0.3 is 10.1 Å². The summed E-state index contributed by atoms with van der Waals surface area (Å²) in [5.41, 5.74) is 1.16. The van der Waals surface area contributed by atoms with Gasteiger partial charge in [-0.15, -0.1) is 5.10 Å². The van der Waals surface area contributed by atoms with Gasteiger partial charge in [-0.3, -0.25) is 14.8 Å². The predicted molar refractivity (Wildman–Crippen MR) is 90.0 cm³/mol. The van der Waals surface area contributed by atoms with E-state index >= 15 is 0 Å². The molecule has 8 heteroatoms. The molecule has 0 fully saturated rings. The minimum atomic E-state index is -0.571. The maximum Gasteiger partial charge on any atom is 0.412 e. The largest absolute Gasteiger partial charge is 0.444 e. The van der Waals surface area contributed by atoms with E-state index < -0.39 is 11.7 Å². The second-order valence-corrected chi connectivity index (χ2v) is 6.31. The summed E-state index contributed by atoms with van der Waals surface area (Å²) in [7, 11) is 1.75. The van der Waals surface area contributed by atoms with Crippen LogP contribution in [-0.4, -0.2) is 32.6 Å². The number of amides is 2. The highest BCUT2D eigenvalue weighted by Crippen LogP contribution is 2.15. The molecule has 0 bridgehead atoms. The Morgan fingerprint density at radius 3 is 2.25 bits per heavy atom. The molecule has 0 atom stereocenters. The fourth-order valence-corrected chi connectivity index (χ4v) is 1.83. The highest BCUT2D eigenvalue weighted by Gasteiger charge is 2.16. The summed E-state index contributed by atoms with van der Waals surface area (Å²) in [4.78, 5) is 23.9. The summed E-state index contributed by atoms with van der Waals surface area (Å²) in [5.74, 6) is 0.112. The van der Waals surface area contributed by atoms with E-state index in [9.17, 15) is 9.59 Å². The third-order valence-corrected chi connectivity index (χ3v) is 3.13. The number of aromatic nitrogens is 3. The number of rotatable bonds is 3. The van der Waals surface area contributed by atoms with Gasteiger partial charge in [-0.1, -0.05) is 5.21 Å². The fraction of sp³-hybridized carbons (Fsp3) is 0.375. The van der Waals surface area contributed by atoms with Crippen LogP contribution in [0.2, 0.25) is 0 Å². The molecule has 0 aliphatic rings. The second-order valence-electron chi connectivity index (χ2n) is 6.31. The minimum Gasteiger partial charge on any atom is -0.444 e. The highest BCUT2D eigenvalue weighted by molar-refractivity contribution is 6.04. The molecule has 0 saturated carbocycles. The highest BCUT2D eigenvalue weighted by atomic mass is 16.6. The Hall–Kier alpha value is -2.90. The first-order valence-corrected chi connectivity index (χ1v) is 7.43. The standard InChI is InChI=1S/C16H21N5O3/c1-10-13(19-20-21(10)5)18-14(22)11-6-8-12(9-7-11)17-15(23)24-16(2,3)4/h6-9H,1-5H3,(H,17,23)(H,18,22). The monoisotopic (exact) mass is 331 g/mol. The normalized spacial score (nSPS) is 11.0. The number of ether oxygens (including phenoxy) is 1. The molecular formula is C16H21N5O3. The lowest BCUT2D eigenvalue weighted by Crippen LogP contribution is -2.27. The number of hydrogen-bond acceptors (Lipinski definition) is 5. The molecule has 1 heterocycles. The van der Waals surface area contributed by atoms with Gasteiger partial charge in [-0.25, -0.2) is 4.79 Å². The molecule has 8 nitrogen and oxygen atoms in total. The van der Waals surface area contributed by atoms with Gasteiger partial charge in [0.05, 0.1) is 5.69 Å². The van der Waals surface area contributed by atoms with E-state index in [4.69, 9.17) is 4.74 Å². The third kappa shape index (κ3) is 4.55. The van der Waals surface area contributed by atoms with Crippen molar-refractivity contribution in [3.63, 3.8) is 0 Å². The molecule has 24 heavy (non-hydrogen) atoms. The Morgan fingerprint density at radius 2 is 1.75 bits per heavy atom. The number of benzene rings is 1. The van der Waals surface area contributed by atoms with E-state index in [1.807, 2.05) is 6.92 Å². The molecule has 0 spiro atoms. The van der Waals surface area contributed by atoms with Gasteiger partial charge in [0.15, 0.2) is 5.82 Å². The van der Waals surface area contributed by atoms with Gasteiger partial charge in [-0.2, -0.15) is 0 Å². The van der Waals surface area contributed by atoms with Crippen molar-refractivity contribution in [1.29, 1.82) is 0 Å². The van der Waals surface area contributed by atoms with Crippen LogP contribution in [0.5, 0.6) is 0 Å². The van der Waals surface area contributed by atoms with Crippen molar-refractivity contribution in [1.82, 2.24) is 15.0 Å². The minimum absolute atomic E-state index is 0.303. The van der Waals surface area contributed by atoms with Gasteiger partial charge >= 0.3 is 6.09 Å². The summed E-state index contributed by atoms with van der Waals surface area (Å²) in [6.45, 7) is 7.17. The first kappa shape index (κ1) is 17.5. The topological polar surface area (TPSA) is 98.1 Å². The smallest absolute Gasteiger partial charge is 0.412 e. The molecule has 128 valence electrons. The molecular weight excluding hydrogens is 310 g/mol. The van der Waals surface area contributed by atoms with E-state index in [2.05, 4.69) is 20.9 Å². The van der Waals surface area contributed by atoms with Crippen molar-refractivity contribution in [2.24, 2.45) is 7.05 Å². The Kier molecular flexibility index (Phi) is 4.87. The Labute approximate surface area is 140 Å². The van der Waals surface area contributed by atoms with Crippen LogP contribution in [0, 0.1) is 6.92 Å². The molecule has 0 saturated heterocycles. The molecule has 0 aliphatic carbocycles. The van der Waals surface area contributed by atoms with Crippen molar-refractivity contribution < 1.29 is 14.3 Å². The SMILES string of the molecule is Cc1c(NC(=O)c2ccc(NC(=O)OC(C)(C)C)cc2)nnn1C. The second kappa shape index (κ2) is 6.69. The van der Waals surface area contributed by atoms with Crippen LogP contribution < -0.4 is 10.6 Å². The van der Waals surface area contributed by atoms with Crippen LogP contribution in [0.25, 0.3) is 0 Å². The van der Waals surface area contributed by atoms with Crippen LogP contribution in [-0.2, 0) is 11.8 Å². The van der Waals surface area contributed by atoms with E-state index in [0.29, 0.717) is 17.1 Å². The maximum atomic E-state index is 12.2. The molecule has 1 aromatic heterocycles. The Balaban J connectivity index is 2.00. The zero-order valence-electron chi connectivity index (χ0n) is 14.4. The lowest BCUT2D eigenvalue weighted by molar-refractivity contribution is 0.0636. The maximum absolute atomic E-state index is 12.2. The van der Waals surface area contributed by atoms with Crippen molar-refractivity contribution in [3.05, 3.63) is 35.5 Å². The van der Waals surface area contributed by atoms with Crippen molar-refractivity contribution in [2.75, 3.05) is 10.6 Å². The van der Waals surface area contributed by atoms with E-state index in [-0.39, 0.29) is 5.91 Å². The quantitative estimate of drug-likeness (QED) is 0.901. The lowest BCUT2D eigenvalue weighted by Gasteiger charge is -2.19. The molecule has 2 rings (SSSR count). The molecule has 2 N–H and O–H groups in total. The number of hydrogen-bond donors (Lipinski definition) is 2. The summed E-state index contributed by atoms with van der Waals surface area (Å²) in [6, 6.07) is 6.46. The fourth-order valence-electron chi connectivity index (χ4n) is 1.83. The number of carbonyl (C=O) groups excluding carboxylic acids is 2. The average Bonchev–Trinajstić information content (AvgIpc) is 2.78. The molecule has 0 radical (unpaired) electrons. The number of carbonyl (C=O) groups is 2. The van der Waals surface area contributed by atoms with Gasteiger partial charge in [-0.05, 0) is 52.0 Å². The number of anilines is 2. The van der Waals surface area contributed by atoms with Crippen LogP contribution >= 0.6 is 0 Å². The summed E-state index contributed by atoms with van der Waals surface area (Å²) in [5, 5.41) is 13.0. The average molecular weight is 331 g/mol. The number of aryl methyl sites for hydroxylation is 1. The molecule has 0 unspecified atom stereocenters. The molecule has 2 amide bonds. The van der Waals surface area contributed by atoms with Crippen LogP contribution in [0.3, 0.4) is 0 Å². The number of nitrogens with zero attached hydrogens (tertiary/aromatic N) is 3. The van der Waals surface area contributed by atoms with Crippen molar-refractivity contribution in [3.8, 4) is 0 Å². The molecule has 2 aromatic rings. The van der Waals surface area contributed by atoms with E-state index in [1.54, 1.807) is 56.8 Å². The van der Waals surface area contributed by atoms with E-state index in [0.717, 1.165) is 5.69 Å². The Morgan fingerprint density at radius 1 is 1.12 bits per heavy atom. The molecule has 1 aromatic carbocycles. The first-order valence-electron chi connectivity index (χ1n) is 7.43. The van der Waals surface area contributed by atoms with Crippen molar-refractivity contribution in [2.45, 2.75) is 33.3 Å². The predicted octanol–water partition coefficient (Wildman–Crippen LogP) is 2.72. The van der Waals surface area contributed by atoms with E-state index in [1.165, 1.54) is 0 Å². The number of nitrogens with one attached hydrogen (secondary N) is 2. The van der Waals surface area contributed by atoms with Gasteiger partial charge in [0.2, 0.25) is 0 Å². The van der Waals surface area contributed by atoms with Crippen LogP contribution in [0.15, 0.2) is 24.3 Å². The molecule has 0 aliphatic heterocycles. The Bertz CT molecular complexity index is 744. The lowest BCUT2D eigenvalue weighted by atomic mass is 10.2.